The van der Waals surface area contributed by atoms with Gasteiger partial charge in [-0.3, -0.25) is 19.7 Å². The van der Waals surface area contributed by atoms with Crippen molar-refractivity contribution in [2.45, 2.75) is 13.3 Å². The van der Waals surface area contributed by atoms with Crippen LogP contribution in [0.4, 0.5) is 17.1 Å². The number of methoxy groups -OCH3 is 1. The van der Waals surface area contributed by atoms with Crippen molar-refractivity contribution in [2.75, 3.05) is 23.9 Å². The minimum absolute atomic E-state index is 0.0470. The molecule has 140 valence electrons. The van der Waals surface area contributed by atoms with Gasteiger partial charge in [-0.25, -0.2) is 0 Å². The van der Waals surface area contributed by atoms with Crippen molar-refractivity contribution >= 4 is 28.9 Å². The monoisotopic (exact) mass is 369 g/mol. The van der Waals surface area contributed by atoms with Gasteiger partial charge in [0.15, 0.2) is 0 Å². The molecule has 1 atom stereocenters. The third-order valence-electron chi connectivity index (χ3n) is 4.47. The summed E-state index contributed by atoms with van der Waals surface area (Å²) in [4.78, 5) is 37.2. The zero-order chi connectivity index (χ0) is 19.6. The molecule has 8 heteroatoms. The maximum Gasteiger partial charge on any atom is 0.293 e. The molecule has 3 rings (SSSR count). The summed E-state index contributed by atoms with van der Waals surface area (Å²) in [5.41, 5.74) is 1.57. The predicted octanol–water partition coefficient (Wildman–Crippen LogP) is 2.90. The lowest BCUT2D eigenvalue weighted by Gasteiger charge is -2.17. The summed E-state index contributed by atoms with van der Waals surface area (Å²) in [7, 11) is 1.43. The number of amides is 2. The highest BCUT2D eigenvalue weighted by molar-refractivity contribution is 6.04. The molecule has 0 aliphatic carbocycles. The average Bonchev–Trinajstić information content (AvgIpc) is 3.03. The van der Waals surface area contributed by atoms with E-state index in [0.717, 1.165) is 11.3 Å². The number of nitrogens with one attached hydrogen (secondary N) is 1. The van der Waals surface area contributed by atoms with Crippen molar-refractivity contribution < 1.29 is 19.2 Å². The Kier molecular flexibility index (Phi) is 5.07. The summed E-state index contributed by atoms with van der Waals surface area (Å²) in [6.07, 6.45) is 0.0531. The third-order valence-corrected chi connectivity index (χ3v) is 4.47. The molecular formula is C19H19N3O5. The highest BCUT2D eigenvalue weighted by Gasteiger charge is 2.35. The van der Waals surface area contributed by atoms with Crippen LogP contribution < -0.4 is 15.0 Å². The number of ether oxygens (including phenoxy) is 1. The van der Waals surface area contributed by atoms with Gasteiger partial charge in [0, 0.05) is 30.8 Å². The van der Waals surface area contributed by atoms with E-state index in [-0.39, 0.29) is 30.2 Å². The van der Waals surface area contributed by atoms with Crippen LogP contribution in [0.15, 0.2) is 42.5 Å². The zero-order valence-corrected chi connectivity index (χ0v) is 15.0. The number of carbonyl (C=O) groups is 2. The molecule has 2 aromatic rings. The number of anilines is 2. The molecule has 1 heterocycles. The summed E-state index contributed by atoms with van der Waals surface area (Å²) in [6.45, 7) is 2.15. The van der Waals surface area contributed by atoms with Crippen LogP contribution in [-0.2, 0) is 9.59 Å². The molecule has 0 unspecified atom stereocenters. The topological polar surface area (TPSA) is 102 Å². The van der Waals surface area contributed by atoms with Crippen molar-refractivity contribution in [1.82, 2.24) is 0 Å². The molecule has 1 aliphatic heterocycles. The van der Waals surface area contributed by atoms with E-state index in [1.54, 1.807) is 4.90 Å². The first kappa shape index (κ1) is 18.4. The summed E-state index contributed by atoms with van der Waals surface area (Å²) in [5.74, 6) is -0.792. The van der Waals surface area contributed by atoms with Crippen LogP contribution in [0.2, 0.25) is 0 Å². The molecule has 1 aliphatic rings. The molecule has 1 N–H and O–H groups in total. The lowest BCUT2D eigenvalue weighted by atomic mass is 10.1. The molecule has 0 radical (unpaired) electrons. The van der Waals surface area contributed by atoms with Crippen LogP contribution in [0, 0.1) is 23.0 Å². The lowest BCUT2D eigenvalue weighted by molar-refractivity contribution is -0.383. The fourth-order valence-corrected chi connectivity index (χ4v) is 3.06. The second-order valence-corrected chi connectivity index (χ2v) is 6.37. The minimum atomic E-state index is -0.594. The van der Waals surface area contributed by atoms with Crippen molar-refractivity contribution in [1.29, 1.82) is 0 Å². The molecule has 0 spiro atoms. The fraction of sp³-hybridized carbons (Fsp3) is 0.263. The van der Waals surface area contributed by atoms with E-state index in [0.29, 0.717) is 5.75 Å². The zero-order valence-electron chi connectivity index (χ0n) is 15.0. The Morgan fingerprint density at radius 3 is 2.74 bits per heavy atom. The first-order chi connectivity index (χ1) is 12.9. The van der Waals surface area contributed by atoms with Crippen molar-refractivity contribution in [3.05, 3.63) is 58.1 Å². The number of nitrogens with zero attached hydrogens (tertiary/aromatic N) is 2. The maximum absolute atomic E-state index is 12.6. The Balaban J connectivity index is 1.78. The van der Waals surface area contributed by atoms with Crippen LogP contribution in [-0.4, -0.2) is 30.4 Å². The molecule has 1 fully saturated rings. The molecule has 2 amide bonds. The van der Waals surface area contributed by atoms with Gasteiger partial charge in [0.1, 0.15) is 11.4 Å². The Bertz CT molecular complexity index is 912. The Hall–Kier alpha value is -3.42. The molecular weight excluding hydrogens is 350 g/mol. The van der Waals surface area contributed by atoms with Gasteiger partial charge in [0.05, 0.1) is 18.0 Å². The summed E-state index contributed by atoms with van der Waals surface area (Å²) >= 11 is 0. The van der Waals surface area contributed by atoms with Gasteiger partial charge >= 0.3 is 0 Å². The van der Waals surface area contributed by atoms with E-state index < -0.39 is 16.7 Å². The first-order valence-electron chi connectivity index (χ1n) is 8.39. The largest absolute Gasteiger partial charge is 0.497 e. The van der Waals surface area contributed by atoms with Crippen molar-refractivity contribution in [2.24, 2.45) is 5.92 Å². The number of aryl methyl sites for hydroxylation is 1. The van der Waals surface area contributed by atoms with E-state index in [1.807, 2.05) is 31.2 Å². The molecule has 27 heavy (non-hydrogen) atoms. The standard InChI is InChI=1S/C19H19N3O5/c1-12-4-3-5-14(8-12)21-11-13(9-18(21)23)19(24)20-16-10-15(27-2)6-7-17(16)22(25)26/h3-8,10,13H,9,11H2,1-2H3,(H,20,24)/t13-/m1/s1. The molecule has 1 saturated heterocycles. The van der Waals surface area contributed by atoms with Crippen molar-refractivity contribution in [3.63, 3.8) is 0 Å². The number of hydrogen-bond donors (Lipinski definition) is 1. The lowest BCUT2D eigenvalue weighted by Crippen LogP contribution is -2.28. The van der Waals surface area contributed by atoms with E-state index in [2.05, 4.69) is 5.32 Å². The highest BCUT2D eigenvalue weighted by Crippen LogP contribution is 2.31. The van der Waals surface area contributed by atoms with Crippen LogP contribution in [0.3, 0.4) is 0 Å². The Morgan fingerprint density at radius 1 is 1.30 bits per heavy atom. The SMILES string of the molecule is COc1ccc([N+](=O)[O-])c(NC(=O)[C@@H]2CC(=O)N(c3cccc(C)c3)C2)c1. The van der Waals surface area contributed by atoms with Crippen LogP contribution >= 0.6 is 0 Å². The number of hydrogen-bond acceptors (Lipinski definition) is 5. The minimum Gasteiger partial charge on any atom is -0.497 e. The van der Waals surface area contributed by atoms with Crippen LogP contribution in [0.1, 0.15) is 12.0 Å². The van der Waals surface area contributed by atoms with Gasteiger partial charge < -0.3 is 15.0 Å². The smallest absolute Gasteiger partial charge is 0.293 e. The molecule has 0 saturated carbocycles. The van der Waals surface area contributed by atoms with E-state index in [4.69, 9.17) is 4.74 Å². The van der Waals surface area contributed by atoms with Gasteiger partial charge in [0.2, 0.25) is 11.8 Å². The van der Waals surface area contributed by atoms with Gasteiger partial charge in [-0.1, -0.05) is 12.1 Å². The van der Waals surface area contributed by atoms with Crippen LogP contribution in [0.5, 0.6) is 5.75 Å². The van der Waals surface area contributed by atoms with E-state index in [1.165, 1.54) is 25.3 Å². The Labute approximate surface area is 155 Å². The van der Waals surface area contributed by atoms with E-state index in [9.17, 15) is 19.7 Å². The summed E-state index contributed by atoms with van der Waals surface area (Å²) < 4.78 is 5.06. The maximum atomic E-state index is 12.6. The summed E-state index contributed by atoms with van der Waals surface area (Å²) in [5, 5.41) is 13.8. The molecule has 8 nitrogen and oxygen atoms in total. The Morgan fingerprint density at radius 2 is 2.07 bits per heavy atom. The second kappa shape index (κ2) is 7.45. The van der Waals surface area contributed by atoms with E-state index >= 15 is 0 Å². The predicted molar refractivity (Wildman–Crippen MR) is 99.9 cm³/mol. The molecule has 2 aromatic carbocycles. The van der Waals surface area contributed by atoms with Gasteiger partial charge in [-0.2, -0.15) is 0 Å². The fourth-order valence-electron chi connectivity index (χ4n) is 3.06. The second-order valence-electron chi connectivity index (χ2n) is 6.37. The van der Waals surface area contributed by atoms with Gasteiger partial charge in [-0.05, 0) is 30.7 Å². The average molecular weight is 369 g/mol. The van der Waals surface area contributed by atoms with Crippen molar-refractivity contribution in [3.8, 4) is 5.75 Å². The normalized spacial score (nSPS) is 16.3. The number of nitro benzene ring substituents is 1. The third kappa shape index (κ3) is 3.89. The van der Waals surface area contributed by atoms with Gasteiger partial charge in [0.25, 0.3) is 5.69 Å². The first-order valence-corrected chi connectivity index (χ1v) is 8.39. The number of carbonyl (C=O) groups excluding carboxylic acids is 2. The highest BCUT2D eigenvalue weighted by atomic mass is 16.6. The molecule has 0 aromatic heterocycles. The molecule has 0 bridgehead atoms. The quantitative estimate of drug-likeness (QED) is 0.645. The number of rotatable bonds is 5. The number of benzene rings is 2. The number of nitro groups is 1. The van der Waals surface area contributed by atoms with Crippen LogP contribution in [0.25, 0.3) is 0 Å². The van der Waals surface area contributed by atoms with Gasteiger partial charge in [-0.15, -0.1) is 0 Å². The summed E-state index contributed by atoms with van der Waals surface area (Å²) in [6, 6.07) is 11.6.